The Morgan fingerprint density at radius 1 is 1.17 bits per heavy atom. The van der Waals surface area contributed by atoms with Crippen LogP contribution in [0.4, 0.5) is 5.69 Å². The van der Waals surface area contributed by atoms with E-state index in [2.05, 4.69) is 20.9 Å². The van der Waals surface area contributed by atoms with E-state index in [0.717, 1.165) is 13.1 Å². The van der Waals surface area contributed by atoms with Crippen molar-refractivity contribution < 1.29 is 23.9 Å². The number of likely N-dealkylation sites (N-methyl/N-ethyl adjacent to an activating group) is 1. The molecule has 0 aromatic carbocycles. The number of allylic oxidation sites excluding steroid dienone is 1. The number of esters is 1. The van der Waals surface area contributed by atoms with Crippen molar-refractivity contribution in [3.05, 3.63) is 40.8 Å². The average molecular weight is 492 g/mol. The van der Waals surface area contributed by atoms with Crippen molar-refractivity contribution in [2.75, 3.05) is 38.1 Å². The predicted octanol–water partition coefficient (Wildman–Crippen LogP) is 0.649. The minimum absolute atomic E-state index is 0.00846. The van der Waals surface area contributed by atoms with Gasteiger partial charge in [0.2, 0.25) is 17.7 Å². The number of nitrogens with zero attached hydrogens (tertiary/aromatic N) is 2. The number of carbonyl (C=O) groups is 4. The minimum atomic E-state index is -0.921. The van der Waals surface area contributed by atoms with E-state index in [1.54, 1.807) is 19.1 Å². The summed E-state index contributed by atoms with van der Waals surface area (Å²) in [6, 6.07) is 2.06. The standard InChI is InChI=1S/C24H37N5O6/c1-5-28(6-2)16-14-25-21(31)17-29-15-10-12-20(24(29)34)27-23(33)19(26-18(4)30)11-8-9-13-22(32)35-7-3/h9-10,12-13,15,19H,5-8,11,14,16-17H2,1-4H3,(H,25,31)(H,26,30)(H,27,33)/b13-9+. The van der Waals surface area contributed by atoms with Crippen molar-refractivity contribution in [3.8, 4) is 0 Å². The lowest BCUT2D eigenvalue weighted by Crippen LogP contribution is -2.44. The summed E-state index contributed by atoms with van der Waals surface area (Å²) in [6.07, 6.45) is 4.80. The summed E-state index contributed by atoms with van der Waals surface area (Å²) in [5.74, 6) is -1.79. The van der Waals surface area contributed by atoms with Crippen molar-refractivity contribution in [2.45, 2.75) is 53.1 Å². The zero-order valence-electron chi connectivity index (χ0n) is 21.0. The van der Waals surface area contributed by atoms with Gasteiger partial charge in [0.15, 0.2) is 0 Å². The summed E-state index contributed by atoms with van der Waals surface area (Å²) in [6.45, 7) is 10.1. The lowest BCUT2D eigenvalue weighted by molar-refractivity contribution is -0.137. The Hall–Kier alpha value is -3.47. The molecular weight excluding hydrogens is 454 g/mol. The number of nitrogens with one attached hydrogen (secondary N) is 3. The molecule has 1 aromatic rings. The molecule has 0 bridgehead atoms. The Morgan fingerprint density at radius 3 is 2.51 bits per heavy atom. The van der Waals surface area contributed by atoms with Gasteiger partial charge in [0.05, 0.1) is 6.61 Å². The van der Waals surface area contributed by atoms with Crippen molar-refractivity contribution in [1.29, 1.82) is 0 Å². The third-order valence-corrected chi connectivity index (χ3v) is 5.09. The minimum Gasteiger partial charge on any atom is -0.463 e. The number of hydrogen-bond acceptors (Lipinski definition) is 7. The highest BCUT2D eigenvalue weighted by molar-refractivity contribution is 5.96. The largest absolute Gasteiger partial charge is 0.463 e. The zero-order valence-corrected chi connectivity index (χ0v) is 21.0. The van der Waals surface area contributed by atoms with E-state index in [9.17, 15) is 24.0 Å². The summed E-state index contributed by atoms with van der Waals surface area (Å²) in [5.41, 5.74) is -0.547. The van der Waals surface area contributed by atoms with Gasteiger partial charge in [-0.05, 0) is 45.0 Å². The number of rotatable bonds is 15. The molecule has 1 rings (SSSR count). The molecule has 35 heavy (non-hydrogen) atoms. The highest BCUT2D eigenvalue weighted by atomic mass is 16.5. The van der Waals surface area contributed by atoms with E-state index >= 15 is 0 Å². The Bertz CT molecular complexity index is 939. The van der Waals surface area contributed by atoms with Crippen molar-refractivity contribution in [3.63, 3.8) is 0 Å². The lowest BCUT2D eigenvalue weighted by Gasteiger charge is -2.18. The molecule has 0 aliphatic carbocycles. The summed E-state index contributed by atoms with van der Waals surface area (Å²) >= 11 is 0. The number of amides is 3. The van der Waals surface area contributed by atoms with E-state index in [0.29, 0.717) is 19.5 Å². The number of hydrogen-bond donors (Lipinski definition) is 3. The van der Waals surface area contributed by atoms with Gasteiger partial charge in [0.1, 0.15) is 18.3 Å². The van der Waals surface area contributed by atoms with Crippen LogP contribution < -0.4 is 21.5 Å². The molecule has 0 radical (unpaired) electrons. The Morgan fingerprint density at radius 2 is 1.89 bits per heavy atom. The second-order valence-electron chi connectivity index (χ2n) is 7.71. The van der Waals surface area contributed by atoms with Crippen LogP contribution in [0, 0.1) is 0 Å². The van der Waals surface area contributed by atoms with E-state index in [1.165, 1.54) is 29.8 Å². The van der Waals surface area contributed by atoms with Gasteiger partial charge in [-0.25, -0.2) is 4.79 Å². The zero-order chi connectivity index (χ0) is 26.2. The topological polar surface area (TPSA) is 139 Å². The van der Waals surface area contributed by atoms with E-state index in [4.69, 9.17) is 4.74 Å². The number of anilines is 1. The maximum Gasteiger partial charge on any atom is 0.330 e. The molecule has 3 amide bonds. The third kappa shape index (κ3) is 11.5. The number of ether oxygens (including phenoxy) is 1. The highest BCUT2D eigenvalue weighted by Crippen LogP contribution is 2.05. The molecule has 11 nitrogen and oxygen atoms in total. The fourth-order valence-corrected chi connectivity index (χ4v) is 3.23. The molecule has 11 heteroatoms. The van der Waals surface area contributed by atoms with Crippen LogP contribution >= 0.6 is 0 Å². The summed E-state index contributed by atoms with van der Waals surface area (Å²) in [5, 5.41) is 7.86. The van der Waals surface area contributed by atoms with Crippen LogP contribution in [0.5, 0.6) is 0 Å². The van der Waals surface area contributed by atoms with Crippen LogP contribution in [-0.2, 0) is 30.5 Å². The Kier molecular flexibility index (Phi) is 13.7. The van der Waals surface area contributed by atoms with Crippen LogP contribution in [0.15, 0.2) is 35.3 Å². The summed E-state index contributed by atoms with van der Waals surface area (Å²) < 4.78 is 6.00. The molecular formula is C24H37N5O6. The Balaban J connectivity index is 2.77. The average Bonchev–Trinajstić information content (AvgIpc) is 2.81. The van der Waals surface area contributed by atoms with Gasteiger partial charge in [-0.15, -0.1) is 0 Å². The van der Waals surface area contributed by atoms with Crippen molar-refractivity contribution >= 4 is 29.4 Å². The molecule has 0 fully saturated rings. The highest BCUT2D eigenvalue weighted by Gasteiger charge is 2.20. The number of carbonyl (C=O) groups excluding carboxylic acids is 4. The van der Waals surface area contributed by atoms with Crippen molar-refractivity contribution in [2.24, 2.45) is 0 Å². The van der Waals surface area contributed by atoms with E-state index in [-0.39, 0.29) is 31.2 Å². The molecule has 1 unspecified atom stereocenters. The SMILES string of the molecule is CCOC(=O)/C=C/CCC(NC(C)=O)C(=O)Nc1cccn(CC(=O)NCCN(CC)CC)c1=O. The van der Waals surface area contributed by atoms with Crippen LogP contribution in [0.2, 0.25) is 0 Å². The molecule has 1 heterocycles. The second-order valence-corrected chi connectivity index (χ2v) is 7.71. The first-order valence-electron chi connectivity index (χ1n) is 11.8. The molecule has 0 spiro atoms. The first kappa shape index (κ1) is 29.6. The van der Waals surface area contributed by atoms with Crippen LogP contribution in [0.3, 0.4) is 0 Å². The maximum atomic E-state index is 12.8. The molecule has 0 aliphatic rings. The summed E-state index contributed by atoms with van der Waals surface area (Å²) in [4.78, 5) is 62.9. The van der Waals surface area contributed by atoms with Gasteiger partial charge in [-0.1, -0.05) is 19.9 Å². The molecule has 0 saturated carbocycles. The van der Waals surface area contributed by atoms with Gasteiger partial charge >= 0.3 is 5.97 Å². The Labute approximate surface area is 205 Å². The van der Waals surface area contributed by atoms with E-state index in [1.807, 2.05) is 13.8 Å². The summed E-state index contributed by atoms with van der Waals surface area (Å²) in [7, 11) is 0. The van der Waals surface area contributed by atoms with Crippen LogP contribution in [-0.4, -0.2) is 72.0 Å². The molecule has 3 N–H and O–H groups in total. The van der Waals surface area contributed by atoms with Crippen LogP contribution in [0.25, 0.3) is 0 Å². The van der Waals surface area contributed by atoms with Crippen molar-refractivity contribution in [1.82, 2.24) is 20.1 Å². The predicted molar refractivity (Wildman–Crippen MR) is 133 cm³/mol. The van der Waals surface area contributed by atoms with E-state index < -0.39 is 29.4 Å². The van der Waals surface area contributed by atoms with Gasteiger partial charge in [-0.2, -0.15) is 0 Å². The number of aromatic nitrogens is 1. The third-order valence-electron chi connectivity index (χ3n) is 5.09. The quantitative estimate of drug-likeness (QED) is 0.242. The molecule has 194 valence electrons. The monoisotopic (exact) mass is 491 g/mol. The maximum absolute atomic E-state index is 12.8. The lowest BCUT2D eigenvalue weighted by atomic mass is 10.1. The van der Waals surface area contributed by atoms with Gasteiger partial charge in [0, 0.05) is 32.3 Å². The molecule has 1 atom stereocenters. The normalized spacial score (nSPS) is 11.8. The molecule has 1 aromatic heterocycles. The van der Waals surface area contributed by atoms with Gasteiger partial charge in [0.25, 0.3) is 5.56 Å². The second kappa shape index (κ2) is 16.2. The fraction of sp³-hybridized carbons (Fsp3) is 0.542. The smallest absolute Gasteiger partial charge is 0.330 e. The first-order valence-corrected chi connectivity index (χ1v) is 11.8. The van der Waals surface area contributed by atoms with Gasteiger partial charge < -0.3 is 30.2 Å². The number of pyridine rings is 1. The fourth-order valence-electron chi connectivity index (χ4n) is 3.23. The molecule has 0 aliphatic heterocycles. The first-order chi connectivity index (χ1) is 16.7. The molecule has 0 saturated heterocycles. The van der Waals surface area contributed by atoms with Gasteiger partial charge in [-0.3, -0.25) is 19.2 Å². The van der Waals surface area contributed by atoms with Crippen LogP contribution in [0.1, 0.15) is 40.5 Å².